The maximum absolute atomic E-state index is 13.2. The van der Waals surface area contributed by atoms with Crippen LogP contribution in [-0.2, 0) is 4.74 Å². The normalized spacial score (nSPS) is 10.3. The molecule has 2 aromatic heterocycles. The molecular weight excluding hydrogens is 385 g/mol. The average Bonchev–Trinajstić information content (AvgIpc) is 3.06. The second-order valence-electron chi connectivity index (χ2n) is 5.40. The number of ether oxygens (including phenoxy) is 1. The molecule has 0 unspecified atom stereocenters. The molecule has 3 rings (SSSR count). The fourth-order valence-corrected chi connectivity index (χ4v) is 3.65. The number of esters is 1. The molecule has 0 aliphatic heterocycles. The molecule has 27 heavy (non-hydrogen) atoms. The molecule has 3 aromatic rings. The lowest BCUT2D eigenvalue weighted by Crippen LogP contribution is -2.20. The summed E-state index contributed by atoms with van der Waals surface area (Å²) >= 11 is 6.65. The van der Waals surface area contributed by atoms with Crippen molar-refractivity contribution < 1.29 is 13.9 Å². The van der Waals surface area contributed by atoms with E-state index in [0.717, 1.165) is 11.3 Å². The van der Waals surface area contributed by atoms with Crippen LogP contribution in [0.5, 0.6) is 0 Å². The standard InChI is InChI=1S/C19H16FN3O2S2/c1-2-25-18(24)16-15(12-5-7-13(20)8-6-12)11-27-17(16)23-19(26)22-14-4-3-9-21-10-14/h3-11H,2H2,1H3,(H2,22,23,26). The van der Waals surface area contributed by atoms with Gasteiger partial charge in [-0.05, 0) is 49.0 Å². The second kappa shape index (κ2) is 8.70. The van der Waals surface area contributed by atoms with E-state index < -0.39 is 5.97 Å². The number of aromatic nitrogens is 1. The fourth-order valence-electron chi connectivity index (χ4n) is 2.40. The Morgan fingerprint density at radius 2 is 2.04 bits per heavy atom. The molecule has 8 heteroatoms. The largest absolute Gasteiger partial charge is 0.462 e. The van der Waals surface area contributed by atoms with Gasteiger partial charge < -0.3 is 15.4 Å². The Bertz CT molecular complexity index is 943. The highest BCUT2D eigenvalue weighted by Gasteiger charge is 2.22. The highest BCUT2D eigenvalue weighted by molar-refractivity contribution is 7.80. The van der Waals surface area contributed by atoms with Crippen LogP contribution in [0.15, 0.2) is 54.2 Å². The van der Waals surface area contributed by atoms with Crippen LogP contribution in [0.25, 0.3) is 11.1 Å². The minimum Gasteiger partial charge on any atom is -0.462 e. The van der Waals surface area contributed by atoms with E-state index in [1.54, 1.807) is 37.5 Å². The van der Waals surface area contributed by atoms with Gasteiger partial charge in [-0.15, -0.1) is 11.3 Å². The van der Waals surface area contributed by atoms with Crippen molar-refractivity contribution in [3.05, 3.63) is 65.6 Å². The number of nitrogens with one attached hydrogen (secondary N) is 2. The molecule has 2 N–H and O–H groups in total. The number of carbonyl (C=O) groups excluding carboxylic acids is 1. The number of nitrogens with zero attached hydrogens (tertiary/aromatic N) is 1. The summed E-state index contributed by atoms with van der Waals surface area (Å²) in [5.74, 6) is -0.809. The van der Waals surface area contributed by atoms with E-state index in [4.69, 9.17) is 17.0 Å². The zero-order chi connectivity index (χ0) is 19.2. The monoisotopic (exact) mass is 401 g/mol. The van der Waals surface area contributed by atoms with Crippen LogP contribution in [-0.4, -0.2) is 22.7 Å². The number of thiocarbonyl (C=S) groups is 1. The highest BCUT2D eigenvalue weighted by atomic mass is 32.1. The molecule has 5 nitrogen and oxygen atoms in total. The van der Waals surface area contributed by atoms with E-state index in [9.17, 15) is 9.18 Å². The number of halogens is 1. The van der Waals surface area contributed by atoms with Gasteiger partial charge in [0.25, 0.3) is 0 Å². The summed E-state index contributed by atoms with van der Waals surface area (Å²) in [6.45, 7) is 1.99. The Morgan fingerprint density at radius 3 is 2.70 bits per heavy atom. The van der Waals surface area contributed by atoms with Crippen molar-refractivity contribution in [2.45, 2.75) is 6.92 Å². The summed E-state index contributed by atoms with van der Waals surface area (Å²) in [6, 6.07) is 9.55. The minimum atomic E-state index is -0.468. The van der Waals surface area contributed by atoms with Crippen molar-refractivity contribution in [3.63, 3.8) is 0 Å². The Kier molecular flexibility index (Phi) is 6.10. The first-order valence-electron chi connectivity index (χ1n) is 8.11. The molecule has 0 bridgehead atoms. The highest BCUT2D eigenvalue weighted by Crippen LogP contribution is 2.36. The van der Waals surface area contributed by atoms with E-state index in [1.807, 2.05) is 11.4 Å². The molecule has 0 spiro atoms. The molecule has 0 fully saturated rings. The van der Waals surface area contributed by atoms with Crippen molar-refractivity contribution in [1.82, 2.24) is 4.98 Å². The topological polar surface area (TPSA) is 63.2 Å². The summed E-state index contributed by atoms with van der Waals surface area (Å²) in [6.07, 6.45) is 3.30. The second-order valence-corrected chi connectivity index (χ2v) is 6.69. The van der Waals surface area contributed by atoms with Gasteiger partial charge in [0, 0.05) is 17.1 Å². The summed E-state index contributed by atoms with van der Waals surface area (Å²) < 4.78 is 18.4. The molecule has 0 aliphatic carbocycles. The summed E-state index contributed by atoms with van der Waals surface area (Å²) in [5.41, 5.74) is 2.46. The lowest BCUT2D eigenvalue weighted by molar-refractivity contribution is 0.0529. The number of hydrogen-bond donors (Lipinski definition) is 2. The number of thiophene rings is 1. The van der Waals surface area contributed by atoms with Crippen LogP contribution in [0, 0.1) is 5.82 Å². The first-order chi connectivity index (χ1) is 13.1. The molecule has 0 saturated heterocycles. The molecule has 0 amide bonds. The molecule has 138 valence electrons. The van der Waals surface area contributed by atoms with Crippen LogP contribution in [0.2, 0.25) is 0 Å². The first kappa shape index (κ1) is 18.9. The van der Waals surface area contributed by atoms with E-state index in [-0.39, 0.29) is 12.4 Å². The molecule has 0 radical (unpaired) electrons. The van der Waals surface area contributed by atoms with Gasteiger partial charge in [0.2, 0.25) is 0 Å². The smallest absolute Gasteiger partial charge is 0.341 e. The van der Waals surface area contributed by atoms with Crippen LogP contribution >= 0.6 is 23.6 Å². The third-order valence-electron chi connectivity index (χ3n) is 3.57. The van der Waals surface area contributed by atoms with Crippen molar-refractivity contribution in [2.24, 2.45) is 0 Å². The lowest BCUT2D eigenvalue weighted by Gasteiger charge is -2.11. The van der Waals surface area contributed by atoms with Crippen molar-refractivity contribution in [2.75, 3.05) is 17.2 Å². The van der Waals surface area contributed by atoms with Gasteiger partial charge in [-0.25, -0.2) is 9.18 Å². The Morgan fingerprint density at radius 1 is 1.26 bits per heavy atom. The van der Waals surface area contributed by atoms with E-state index in [1.165, 1.54) is 23.5 Å². The Labute approximate surface area is 165 Å². The Hall–Kier alpha value is -2.84. The molecule has 0 saturated carbocycles. The zero-order valence-corrected chi connectivity index (χ0v) is 16.0. The number of anilines is 2. The molecule has 1 aromatic carbocycles. The maximum Gasteiger partial charge on any atom is 0.341 e. The van der Waals surface area contributed by atoms with Gasteiger partial charge >= 0.3 is 5.97 Å². The van der Waals surface area contributed by atoms with Crippen LogP contribution in [0.3, 0.4) is 0 Å². The van der Waals surface area contributed by atoms with Crippen LogP contribution < -0.4 is 10.6 Å². The van der Waals surface area contributed by atoms with Crippen molar-refractivity contribution >= 4 is 45.3 Å². The predicted molar refractivity (Wildman–Crippen MR) is 110 cm³/mol. The summed E-state index contributed by atoms with van der Waals surface area (Å²) in [4.78, 5) is 16.5. The van der Waals surface area contributed by atoms with Gasteiger partial charge in [0.15, 0.2) is 5.11 Å². The quantitative estimate of drug-likeness (QED) is 0.467. The van der Waals surface area contributed by atoms with Gasteiger partial charge in [0.1, 0.15) is 16.4 Å². The maximum atomic E-state index is 13.2. The first-order valence-corrected chi connectivity index (χ1v) is 9.40. The summed E-state index contributed by atoms with van der Waals surface area (Å²) in [5, 5.41) is 8.73. The number of hydrogen-bond acceptors (Lipinski definition) is 5. The minimum absolute atomic E-state index is 0.245. The molecule has 0 atom stereocenters. The number of pyridine rings is 1. The van der Waals surface area contributed by atoms with Crippen LogP contribution in [0.1, 0.15) is 17.3 Å². The SMILES string of the molecule is CCOC(=O)c1c(-c2ccc(F)cc2)csc1NC(=S)Nc1cccnc1. The predicted octanol–water partition coefficient (Wildman–Crippen LogP) is 4.93. The van der Waals surface area contributed by atoms with E-state index in [2.05, 4.69) is 15.6 Å². The number of benzene rings is 1. The van der Waals surface area contributed by atoms with Gasteiger partial charge in [-0.1, -0.05) is 12.1 Å². The number of carbonyl (C=O) groups is 1. The van der Waals surface area contributed by atoms with Gasteiger partial charge in [0.05, 0.1) is 18.5 Å². The molecule has 2 heterocycles. The van der Waals surface area contributed by atoms with E-state index >= 15 is 0 Å². The number of rotatable bonds is 5. The lowest BCUT2D eigenvalue weighted by atomic mass is 10.0. The van der Waals surface area contributed by atoms with Gasteiger partial charge in [-0.2, -0.15) is 0 Å². The van der Waals surface area contributed by atoms with Crippen LogP contribution in [0.4, 0.5) is 15.1 Å². The molecular formula is C19H16FN3O2S2. The van der Waals surface area contributed by atoms with Gasteiger partial charge in [-0.3, -0.25) is 4.98 Å². The van der Waals surface area contributed by atoms with Crippen molar-refractivity contribution in [1.29, 1.82) is 0 Å². The third-order valence-corrected chi connectivity index (χ3v) is 4.67. The fraction of sp³-hybridized carbons (Fsp3) is 0.105. The van der Waals surface area contributed by atoms with Crippen molar-refractivity contribution in [3.8, 4) is 11.1 Å². The third kappa shape index (κ3) is 4.66. The zero-order valence-electron chi connectivity index (χ0n) is 14.4. The Balaban J connectivity index is 1.89. The summed E-state index contributed by atoms with van der Waals surface area (Å²) in [7, 11) is 0. The average molecular weight is 401 g/mol. The van der Waals surface area contributed by atoms with E-state index in [0.29, 0.717) is 21.2 Å². The molecule has 0 aliphatic rings.